The van der Waals surface area contributed by atoms with Gasteiger partial charge in [0.1, 0.15) is 11.1 Å². The third-order valence-corrected chi connectivity index (χ3v) is 6.56. The first-order valence-corrected chi connectivity index (χ1v) is 10.2. The van der Waals surface area contributed by atoms with Crippen LogP contribution in [0.3, 0.4) is 0 Å². The number of thiophene rings is 1. The molecular weight excluding hydrogens is 318 g/mol. The van der Waals surface area contributed by atoms with Gasteiger partial charge in [0.25, 0.3) is 0 Å². The van der Waals surface area contributed by atoms with E-state index in [1.165, 1.54) is 49.2 Å². The number of nitrogens with zero attached hydrogens (tertiary/aromatic N) is 1. The average Bonchev–Trinajstić information content (AvgIpc) is 2.73. The van der Waals surface area contributed by atoms with E-state index in [4.69, 9.17) is 0 Å². The quantitative estimate of drug-likeness (QED) is 0.880. The molecule has 130 valence electrons. The normalized spacial score (nSPS) is 21.6. The number of nitriles is 1. The second kappa shape index (κ2) is 8.13. The molecule has 1 atom stereocenters. The largest absolute Gasteiger partial charge is 0.335 e. The van der Waals surface area contributed by atoms with Crippen LogP contribution in [0, 0.1) is 17.2 Å². The van der Waals surface area contributed by atoms with Crippen LogP contribution >= 0.6 is 11.3 Å². The lowest BCUT2D eigenvalue weighted by Gasteiger charge is -2.17. The second-order valence-electron chi connectivity index (χ2n) is 7.38. The molecule has 1 aliphatic carbocycles. The van der Waals surface area contributed by atoms with Crippen LogP contribution in [0.25, 0.3) is 0 Å². The Balaban J connectivity index is 1.59. The van der Waals surface area contributed by atoms with E-state index in [-0.39, 0.29) is 5.91 Å². The van der Waals surface area contributed by atoms with Crippen molar-refractivity contribution in [1.82, 2.24) is 0 Å². The van der Waals surface area contributed by atoms with Crippen molar-refractivity contribution >= 4 is 22.2 Å². The molecule has 0 saturated carbocycles. The molecule has 2 heterocycles. The summed E-state index contributed by atoms with van der Waals surface area (Å²) in [4.78, 5) is 15.2. The van der Waals surface area contributed by atoms with E-state index < -0.39 is 0 Å². The Morgan fingerprint density at radius 2 is 2.08 bits per heavy atom. The lowest BCUT2D eigenvalue weighted by atomic mass is 9.89. The third-order valence-electron chi connectivity index (χ3n) is 5.39. The van der Waals surface area contributed by atoms with Crippen molar-refractivity contribution in [3.63, 3.8) is 0 Å². The van der Waals surface area contributed by atoms with Crippen molar-refractivity contribution in [3.8, 4) is 6.07 Å². The second-order valence-corrected chi connectivity index (χ2v) is 8.49. The highest BCUT2D eigenvalue weighted by molar-refractivity contribution is 7.16. The molecule has 1 fully saturated rings. The van der Waals surface area contributed by atoms with Crippen LogP contribution < -0.4 is 10.2 Å². The lowest BCUT2D eigenvalue weighted by Crippen LogP contribution is -3.12. The summed E-state index contributed by atoms with van der Waals surface area (Å²) >= 11 is 1.62. The van der Waals surface area contributed by atoms with Gasteiger partial charge in [-0.3, -0.25) is 4.79 Å². The van der Waals surface area contributed by atoms with E-state index in [0.29, 0.717) is 12.3 Å². The molecule has 3 rings (SSSR count). The van der Waals surface area contributed by atoms with Crippen molar-refractivity contribution in [2.75, 3.05) is 25.0 Å². The predicted molar refractivity (Wildman–Crippen MR) is 97.5 cm³/mol. The summed E-state index contributed by atoms with van der Waals surface area (Å²) < 4.78 is 0. The highest BCUT2D eigenvalue weighted by Crippen LogP contribution is 2.39. The molecule has 2 N–H and O–H groups in total. The van der Waals surface area contributed by atoms with Crippen LogP contribution in [0.5, 0.6) is 0 Å². The number of fused-ring (bicyclic) bond motifs is 1. The lowest BCUT2D eigenvalue weighted by molar-refractivity contribution is -0.898. The molecule has 1 aromatic heterocycles. The molecule has 1 amide bonds. The topological polar surface area (TPSA) is 57.3 Å². The first-order valence-electron chi connectivity index (χ1n) is 9.35. The first kappa shape index (κ1) is 17.4. The Bertz CT molecular complexity index is 623. The van der Waals surface area contributed by atoms with Gasteiger partial charge in [0.05, 0.1) is 31.6 Å². The number of likely N-dealkylation sites (tertiary alicyclic amines) is 1. The first-order chi connectivity index (χ1) is 11.7. The molecule has 1 aromatic rings. The van der Waals surface area contributed by atoms with Crippen LogP contribution in [-0.2, 0) is 17.6 Å². The molecule has 24 heavy (non-hydrogen) atoms. The molecule has 2 aliphatic rings. The number of quaternary nitrogens is 1. The monoisotopic (exact) mass is 346 g/mol. The maximum atomic E-state index is 12.4. The Kier molecular flexibility index (Phi) is 5.91. The fourth-order valence-corrected chi connectivity index (χ4v) is 5.29. The Morgan fingerprint density at radius 1 is 1.33 bits per heavy atom. The number of carbonyl (C=O) groups is 1. The summed E-state index contributed by atoms with van der Waals surface area (Å²) in [5.41, 5.74) is 1.91. The molecule has 1 saturated heterocycles. The summed E-state index contributed by atoms with van der Waals surface area (Å²) in [5.74, 6) is 0.743. The summed E-state index contributed by atoms with van der Waals surface area (Å²) in [7, 11) is 0. The van der Waals surface area contributed by atoms with Gasteiger partial charge in [-0.1, -0.05) is 6.92 Å². The fourth-order valence-electron chi connectivity index (χ4n) is 3.92. The van der Waals surface area contributed by atoms with Gasteiger partial charge < -0.3 is 10.2 Å². The van der Waals surface area contributed by atoms with Gasteiger partial charge in [0, 0.05) is 4.88 Å². The van der Waals surface area contributed by atoms with E-state index in [1.54, 1.807) is 16.2 Å². The van der Waals surface area contributed by atoms with Gasteiger partial charge in [0.2, 0.25) is 5.91 Å². The van der Waals surface area contributed by atoms with Crippen molar-refractivity contribution in [1.29, 1.82) is 5.26 Å². The van der Waals surface area contributed by atoms with Crippen molar-refractivity contribution in [2.24, 2.45) is 5.92 Å². The smallest absolute Gasteiger partial charge is 0.230 e. The Morgan fingerprint density at radius 3 is 2.79 bits per heavy atom. The van der Waals surface area contributed by atoms with Gasteiger partial charge >= 0.3 is 0 Å². The number of carbonyl (C=O) groups excluding carboxylic acids is 1. The summed E-state index contributed by atoms with van der Waals surface area (Å²) in [6.45, 7) is 5.57. The van der Waals surface area contributed by atoms with Crippen molar-refractivity contribution < 1.29 is 9.69 Å². The van der Waals surface area contributed by atoms with E-state index in [9.17, 15) is 10.1 Å². The molecular formula is C19H28N3OS+. The number of rotatable bonds is 4. The van der Waals surface area contributed by atoms with Gasteiger partial charge in [0.15, 0.2) is 0 Å². The molecule has 0 radical (unpaired) electrons. The molecule has 5 heteroatoms. The molecule has 0 unspecified atom stereocenters. The van der Waals surface area contributed by atoms with Crippen LogP contribution in [0.2, 0.25) is 0 Å². The zero-order chi connectivity index (χ0) is 16.9. The minimum Gasteiger partial charge on any atom is -0.335 e. The number of nitrogens with one attached hydrogen (secondary N) is 2. The minimum atomic E-state index is 0.0647. The predicted octanol–water partition coefficient (Wildman–Crippen LogP) is 2.53. The summed E-state index contributed by atoms with van der Waals surface area (Å²) in [5, 5.41) is 13.3. The maximum absolute atomic E-state index is 12.4. The number of hydrogen-bond acceptors (Lipinski definition) is 3. The van der Waals surface area contributed by atoms with Gasteiger partial charge in [-0.05, 0) is 56.4 Å². The highest BCUT2D eigenvalue weighted by atomic mass is 32.1. The molecule has 1 aliphatic heterocycles. The molecule has 0 bridgehead atoms. The molecule has 0 spiro atoms. The van der Waals surface area contributed by atoms with Crippen LogP contribution in [0.4, 0.5) is 5.00 Å². The van der Waals surface area contributed by atoms with Crippen molar-refractivity contribution in [3.05, 3.63) is 16.0 Å². The third kappa shape index (κ3) is 4.17. The number of anilines is 1. The Labute approximate surface area is 148 Å². The molecule has 0 aromatic carbocycles. The zero-order valence-electron chi connectivity index (χ0n) is 14.6. The van der Waals surface area contributed by atoms with E-state index in [2.05, 4.69) is 18.3 Å². The fraction of sp³-hybridized carbons (Fsp3) is 0.684. The maximum Gasteiger partial charge on any atom is 0.230 e. The van der Waals surface area contributed by atoms with Gasteiger partial charge in [-0.2, -0.15) is 5.26 Å². The van der Waals surface area contributed by atoms with Crippen molar-refractivity contribution in [2.45, 2.75) is 58.3 Å². The minimum absolute atomic E-state index is 0.0647. The van der Waals surface area contributed by atoms with Crippen LogP contribution in [0.1, 0.15) is 61.5 Å². The highest BCUT2D eigenvalue weighted by Gasteiger charge is 2.25. The van der Waals surface area contributed by atoms with Crippen LogP contribution in [-0.4, -0.2) is 25.5 Å². The standard InChI is InChI=1S/C19H27N3OS/c1-14-6-7-15-16(13-20)19(24-17(15)12-14)21-18(23)8-11-22-9-4-2-3-5-10-22/h14H,2-12H2,1H3,(H,21,23)/p+1/t14-/m1/s1. The average molecular weight is 347 g/mol. The zero-order valence-corrected chi connectivity index (χ0v) is 15.4. The van der Waals surface area contributed by atoms with E-state index >= 15 is 0 Å². The number of amides is 1. The Hall–Kier alpha value is -1.38. The van der Waals surface area contributed by atoms with E-state index in [0.717, 1.165) is 36.4 Å². The van der Waals surface area contributed by atoms with Crippen LogP contribution in [0.15, 0.2) is 0 Å². The molecule has 4 nitrogen and oxygen atoms in total. The van der Waals surface area contributed by atoms with Gasteiger partial charge in [-0.25, -0.2) is 0 Å². The van der Waals surface area contributed by atoms with Gasteiger partial charge in [-0.15, -0.1) is 11.3 Å². The number of hydrogen-bond donors (Lipinski definition) is 2. The SMILES string of the molecule is C[C@@H]1CCc2c(sc(NC(=O)CC[NH+]3CCCCCC3)c2C#N)C1. The summed E-state index contributed by atoms with van der Waals surface area (Å²) in [6.07, 6.45) is 8.95. The summed E-state index contributed by atoms with van der Waals surface area (Å²) in [6, 6.07) is 2.33. The van der Waals surface area contributed by atoms with E-state index in [1.807, 2.05) is 0 Å².